The molecule has 9 nitrogen and oxygen atoms in total. The molecule has 140 valence electrons. The number of hydrogen-bond donors (Lipinski definition) is 0. The van der Waals surface area contributed by atoms with Crippen LogP contribution in [0.4, 0.5) is 10.7 Å². The van der Waals surface area contributed by atoms with Crippen LogP contribution in [0.25, 0.3) is 0 Å². The number of aromatic nitrogens is 2. The number of hydrogen-bond acceptors (Lipinski definition) is 5. The van der Waals surface area contributed by atoms with E-state index in [9.17, 15) is 14.4 Å². The van der Waals surface area contributed by atoms with E-state index in [1.807, 2.05) is 17.7 Å². The fourth-order valence-corrected chi connectivity index (χ4v) is 3.44. The molecule has 0 aromatic carbocycles. The Morgan fingerprint density at radius 1 is 1.42 bits per heavy atom. The quantitative estimate of drug-likeness (QED) is 0.580. The summed E-state index contributed by atoms with van der Waals surface area (Å²) in [5, 5.41) is 0. The molecule has 1 aromatic rings. The first kappa shape index (κ1) is 18.1. The Hall–Kier alpha value is -2.71. The number of carbonyl (C=O) groups is 3. The number of imide groups is 1. The number of amidine groups is 1. The molecule has 0 radical (unpaired) electrons. The topological polar surface area (TPSA) is 88.1 Å². The predicted molar refractivity (Wildman–Crippen MR) is 92.0 cm³/mol. The van der Waals surface area contributed by atoms with Gasteiger partial charge in [-0.15, -0.1) is 0 Å². The summed E-state index contributed by atoms with van der Waals surface area (Å²) < 4.78 is 8.50. The zero-order valence-corrected chi connectivity index (χ0v) is 15.7. The number of urea groups is 1. The van der Waals surface area contributed by atoms with Gasteiger partial charge >= 0.3 is 17.9 Å². The summed E-state index contributed by atoms with van der Waals surface area (Å²) in [5.41, 5.74) is 1.01. The molecular weight excluding hydrogens is 338 g/mol. The van der Waals surface area contributed by atoms with Crippen LogP contribution >= 0.6 is 0 Å². The van der Waals surface area contributed by atoms with Gasteiger partial charge in [0.15, 0.2) is 0 Å². The van der Waals surface area contributed by atoms with E-state index in [-0.39, 0.29) is 24.9 Å². The van der Waals surface area contributed by atoms with E-state index in [0.717, 1.165) is 17.0 Å². The molecule has 0 N–H and O–H groups in total. The zero-order chi connectivity index (χ0) is 19.2. The minimum absolute atomic E-state index is 0.0145. The molecule has 9 heteroatoms. The molecule has 26 heavy (non-hydrogen) atoms. The predicted octanol–water partition coefficient (Wildman–Crippen LogP) is 1.10. The molecule has 1 aromatic heterocycles. The van der Waals surface area contributed by atoms with E-state index < -0.39 is 18.0 Å². The molecule has 2 unspecified atom stereocenters. The van der Waals surface area contributed by atoms with E-state index >= 15 is 0 Å². The van der Waals surface area contributed by atoms with Crippen molar-refractivity contribution in [2.45, 2.75) is 45.7 Å². The van der Waals surface area contributed by atoms with Crippen molar-refractivity contribution >= 4 is 29.7 Å². The molecular formula is C17H24N5O4+. The van der Waals surface area contributed by atoms with E-state index in [0.29, 0.717) is 11.8 Å². The van der Waals surface area contributed by atoms with E-state index in [1.54, 1.807) is 7.05 Å². The van der Waals surface area contributed by atoms with Crippen LogP contribution in [0.5, 0.6) is 0 Å². The van der Waals surface area contributed by atoms with Crippen molar-refractivity contribution in [2.75, 3.05) is 20.7 Å². The summed E-state index contributed by atoms with van der Waals surface area (Å²) in [6.07, 6.45) is 2.78. The SMILES string of the molecule is CCC(C)n1c(C)c[n+]2c1N=C1C2C(=O)N(CCC(=O)OC)C(=O)N1C. The van der Waals surface area contributed by atoms with Crippen LogP contribution in [-0.2, 0) is 14.3 Å². The number of rotatable bonds is 5. The van der Waals surface area contributed by atoms with Gasteiger partial charge in [0.2, 0.25) is 11.9 Å². The second kappa shape index (κ2) is 6.54. The van der Waals surface area contributed by atoms with Gasteiger partial charge in [-0.25, -0.2) is 13.9 Å². The molecule has 3 rings (SSSR count). The largest absolute Gasteiger partial charge is 0.469 e. The first-order valence-corrected chi connectivity index (χ1v) is 8.69. The summed E-state index contributed by atoms with van der Waals surface area (Å²) in [4.78, 5) is 44.1. The van der Waals surface area contributed by atoms with Crippen LogP contribution in [0.15, 0.2) is 11.2 Å². The van der Waals surface area contributed by atoms with Gasteiger partial charge in [0.1, 0.15) is 11.9 Å². The standard InChI is InChI=1S/C17H24N5O4/c1-6-10(2)22-11(3)9-21-13-14(18-16(21)22)19(4)17(25)20(15(13)24)8-7-12(23)26-5/h9-10,13H,6-8H2,1-5H3/q+1. The molecule has 2 atom stereocenters. The highest BCUT2D eigenvalue weighted by Gasteiger charge is 2.53. The van der Waals surface area contributed by atoms with Crippen molar-refractivity contribution in [2.24, 2.45) is 4.99 Å². The van der Waals surface area contributed by atoms with Gasteiger partial charge in [0, 0.05) is 13.6 Å². The second-order valence-electron chi connectivity index (χ2n) is 6.64. The minimum atomic E-state index is -0.686. The number of ether oxygens (including phenoxy) is 1. The highest BCUT2D eigenvalue weighted by atomic mass is 16.5. The maximum absolute atomic E-state index is 13.0. The van der Waals surface area contributed by atoms with Crippen LogP contribution in [0.1, 0.15) is 44.5 Å². The number of aliphatic imine (C=N–C) groups is 1. The Morgan fingerprint density at radius 2 is 2.12 bits per heavy atom. The van der Waals surface area contributed by atoms with Crippen molar-refractivity contribution in [3.8, 4) is 0 Å². The first-order chi connectivity index (χ1) is 12.3. The Balaban J connectivity index is 1.98. The molecule has 0 saturated carbocycles. The third-order valence-electron chi connectivity index (χ3n) is 5.05. The Kier molecular flexibility index (Phi) is 4.55. The third-order valence-corrected chi connectivity index (χ3v) is 5.05. The molecule has 0 spiro atoms. The lowest BCUT2D eigenvalue weighted by atomic mass is 10.1. The number of fused-ring (bicyclic) bond motifs is 3. The summed E-state index contributed by atoms with van der Waals surface area (Å²) >= 11 is 0. The van der Waals surface area contributed by atoms with Crippen LogP contribution in [-0.4, -0.2) is 58.8 Å². The monoisotopic (exact) mass is 362 g/mol. The van der Waals surface area contributed by atoms with Crippen molar-refractivity contribution < 1.29 is 23.7 Å². The Morgan fingerprint density at radius 3 is 2.73 bits per heavy atom. The van der Waals surface area contributed by atoms with E-state index in [2.05, 4.69) is 28.1 Å². The number of amides is 3. The van der Waals surface area contributed by atoms with Crippen molar-refractivity contribution in [1.82, 2.24) is 14.4 Å². The highest BCUT2D eigenvalue weighted by molar-refractivity contribution is 6.19. The summed E-state index contributed by atoms with van der Waals surface area (Å²) in [6.45, 7) is 6.14. The van der Waals surface area contributed by atoms with Gasteiger partial charge in [0.05, 0.1) is 19.6 Å². The fraction of sp³-hybridized carbons (Fsp3) is 0.588. The lowest BCUT2D eigenvalue weighted by Crippen LogP contribution is -2.62. The first-order valence-electron chi connectivity index (χ1n) is 8.69. The second-order valence-corrected chi connectivity index (χ2v) is 6.64. The molecule has 3 amide bonds. The number of carbonyl (C=O) groups excluding carboxylic acids is 3. The van der Waals surface area contributed by atoms with Crippen molar-refractivity contribution in [3.05, 3.63) is 11.9 Å². The molecule has 3 heterocycles. The Labute approximate surface area is 151 Å². The third kappa shape index (κ3) is 2.58. The van der Waals surface area contributed by atoms with Crippen LogP contribution < -0.4 is 4.57 Å². The fourth-order valence-electron chi connectivity index (χ4n) is 3.44. The molecule has 2 aliphatic heterocycles. The number of esters is 1. The molecule has 2 aliphatic rings. The average molecular weight is 362 g/mol. The molecule has 1 fully saturated rings. The lowest BCUT2D eigenvalue weighted by Gasteiger charge is -2.32. The highest BCUT2D eigenvalue weighted by Crippen LogP contribution is 2.31. The van der Waals surface area contributed by atoms with Crippen LogP contribution in [0.2, 0.25) is 0 Å². The maximum atomic E-state index is 13.0. The molecule has 0 bridgehead atoms. The molecule has 0 aliphatic carbocycles. The maximum Gasteiger partial charge on any atom is 0.402 e. The minimum Gasteiger partial charge on any atom is -0.469 e. The van der Waals surface area contributed by atoms with Gasteiger partial charge in [-0.2, -0.15) is 0 Å². The number of nitrogens with zero attached hydrogens (tertiary/aromatic N) is 5. The smallest absolute Gasteiger partial charge is 0.402 e. The average Bonchev–Trinajstić information content (AvgIpc) is 3.13. The van der Waals surface area contributed by atoms with Crippen LogP contribution in [0, 0.1) is 6.92 Å². The van der Waals surface area contributed by atoms with Crippen molar-refractivity contribution in [3.63, 3.8) is 0 Å². The Bertz CT molecular complexity index is 812. The number of imidazole rings is 1. The number of likely N-dealkylation sites (N-methyl/N-ethyl adjacent to an activating group) is 1. The van der Waals surface area contributed by atoms with Gasteiger partial charge < -0.3 is 4.74 Å². The van der Waals surface area contributed by atoms with Crippen LogP contribution in [0.3, 0.4) is 0 Å². The lowest BCUT2D eigenvalue weighted by molar-refractivity contribution is -0.677. The van der Waals surface area contributed by atoms with Crippen molar-refractivity contribution in [1.29, 1.82) is 0 Å². The van der Waals surface area contributed by atoms with Gasteiger partial charge in [-0.05, 0) is 20.3 Å². The summed E-state index contributed by atoms with van der Waals surface area (Å²) in [6, 6.07) is -0.942. The van der Waals surface area contributed by atoms with Gasteiger partial charge in [-0.1, -0.05) is 11.9 Å². The molecule has 1 saturated heterocycles. The zero-order valence-electron chi connectivity index (χ0n) is 15.7. The summed E-state index contributed by atoms with van der Waals surface area (Å²) in [7, 11) is 2.87. The number of aryl methyl sites for hydroxylation is 1. The van der Waals surface area contributed by atoms with Gasteiger partial charge in [0.25, 0.3) is 5.91 Å². The summed E-state index contributed by atoms with van der Waals surface area (Å²) in [5.74, 6) is 0.244. The van der Waals surface area contributed by atoms with E-state index in [1.165, 1.54) is 12.0 Å². The van der Waals surface area contributed by atoms with E-state index in [4.69, 9.17) is 0 Å². The number of methoxy groups -OCH3 is 1. The van der Waals surface area contributed by atoms with Gasteiger partial charge in [-0.3, -0.25) is 19.4 Å². The normalized spacial score (nSPS) is 20.0.